The SMILES string of the molecule is CC/C=C\C/C=C\C/C=C\C/C=C\C/C=C\C/C=C\C/C=C\C/C=C\C/C=C\C/C=C\CCCCCCC(=O)NC(COP(=O)(O)OCC[N+](C)(C)C)C(O)CCCCCCCCCCCCCCCCCCCCCCCCCCCCCCCC. The van der Waals surface area contributed by atoms with Gasteiger partial charge in [0.15, 0.2) is 0 Å². The van der Waals surface area contributed by atoms with Gasteiger partial charge in [0.1, 0.15) is 13.2 Å². The summed E-state index contributed by atoms with van der Waals surface area (Å²) in [5, 5.41) is 14.1. The van der Waals surface area contributed by atoms with Gasteiger partial charge in [0.25, 0.3) is 0 Å². The summed E-state index contributed by atoms with van der Waals surface area (Å²) < 4.78 is 23.9. The number of amides is 1. The van der Waals surface area contributed by atoms with Gasteiger partial charge in [0, 0.05) is 6.42 Å². The predicted octanol–water partition coefficient (Wildman–Crippen LogP) is 23.6. The van der Waals surface area contributed by atoms with Crippen LogP contribution in [0.2, 0.25) is 0 Å². The topological polar surface area (TPSA) is 105 Å². The van der Waals surface area contributed by atoms with Gasteiger partial charge in [0.05, 0.1) is 39.9 Å². The molecular formula is C78H140N2O6P+. The Morgan fingerprint density at radius 3 is 1.01 bits per heavy atom. The summed E-state index contributed by atoms with van der Waals surface area (Å²) in [7, 11) is 1.59. The molecule has 0 aliphatic rings. The molecule has 3 unspecified atom stereocenters. The molecule has 0 heterocycles. The van der Waals surface area contributed by atoms with Crippen LogP contribution >= 0.6 is 7.82 Å². The Kier molecular flexibility index (Phi) is 64.9. The summed E-state index contributed by atoms with van der Waals surface area (Å²) in [5.41, 5.74) is 0. The first-order valence-corrected chi connectivity index (χ1v) is 37.9. The number of likely N-dealkylation sites (N-methyl/N-ethyl adjacent to an activating group) is 1. The summed E-state index contributed by atoms with van der Waals surface area (Å²) in [4.78, 5) is 23.5. The molecule has 0 aromatic carbocycles. The number of aliphatic hydroxyl groups excluding tert-OH is 1. The summed E-state index contributed by atoms with van der Waals surface area (Å²) in [6.45, 7) is 4.78. The van der Waals surface area contributed by atoms with Crippen LogP contribution in [-0.2, 0) is 18.4 Å². The van der Waals surface area contributed by atoms with Crippen LogP contribution in [0, 0.1) is 0 Å². The predicted molar refractivity (Wildman–Crippen MR) is 382 cm³/mol. The molecule has 0 saturated carbocycles. The van der Waals surface area contributed by atoms with Crippen LogP contribution in [0.5, 0.6) is 0 Å². The fourth-order valence-corrected chi connectivity index (χ4v) is 11.1. The van der Waals surface area contributed by atoms with Crippen LogP contribution < -0.4 is 5.32 Å². The van der Waals surface area contributed by atoms with Crippen molar-refractivity contribution in [3.05, 3.63) is 122 Å². The van der Waals surface area contributed by atoms with Crippen LogP contribution in [0.1, 0.15) is 316 Å². The number of unbranched alkanes of at least 4 members (excludes halogenated alkanes) is 33. The zero-order valence-corrected chi connectivity index (χ0v) is 58.4. The third-order valence-corrected chi connectivity index (χ3v) is 17.0. The number of rotatable bonds is 66. The Balaban J connectivity index is 4.14. The monoisotopic (exact) mass is 1230 g/mol. The third-order valence-electron chi connectivity index (χ3n) is 16.0. The van der Waals surface area contributed by atoms with E-state index in [9.17, 15) is 19.4 Å². The summed E-state index contributed by atoms with van der Waals surface area (Å²) in [6, 6.07) is -0.786. The molecule has 0 bridgehead atoms. The Hall–Kier alpha value is -3.10. The molecule has 0 aliphatic heterocycles. The van der Waals surface area contributed by atoms with Gasteiger partial charge in [-0.1, -0.05) is 341 Å². The van der Waals surface area contributed by atoms with Gasteiger partial charge in [-0.2, -0.15) is 0 Å². The van der Waals surface area contributed by atoms with E-state index in [0.29, 0.717) is 23.9 Å². The van der Waals surface area contributed by atoms with Crippen molar-refractivity contribution >= 4 is 13.7 Å². The van der Waals surface area contributed by atoms with E-state index in [0.717, 1.165) is 116 Å². The molecule has 0 rings (SSSR count). The number of allylic oxidation sites excluding steroid dienone is 20. The lowest BCUT2D eigenvalue weighted by Gasteiger charge is -2.26. The smallest absolute Gasteiger partial charge is 0.391 e. The molecule has 9 heteroatoms. The number of hydrogen-bond acceptors (Lipinski definition) is 5. The lowest BCUT2D eigenvalue weighted by molar-refractivity contribution is -0.870. The van der Waals surface area contributed by atoms with Crippen molar-refractivity contribution in [2.24, 2.45) is 0 Å². The van der Waals surface area contributed by atoms with Crippen molar-refractivity contribution in [1.82, 2.24) is 5.32 Å². The minimum absolute atomic E-state index is 0.0635. The number of quaternary nitrogens is 1. The maximum absolute atomic E-state index is 13.1. The summed E-state index contributed by atoms with van der Waals surface area (Å²) >= 11 is 0. The van der Waals surface area contributed by atoms with E-state index in [-0.39, 0.29) is 19.1 Å². The first kappa shape index (κ1) is 83.9. The number of hydrogen-bond donors (Lipinski definition) is 3. The van der Waals surface area contributed by atoms with Crippen LogP contribution in [0.4, 0.5) is 0 Å². The quantitative estimate of drug-likeness (QED) is 0.0243. The van der Waals surface area contributed by atoms with E-state index >= 15 is 0 Å². The fraction of sp³-hybridized carbons (Fsp3) is 0.731. The second kappa shape index (κ2) is 67.3. The molecular weight excluding hydrogens is 1090 g/mol. The zero-order chi connectivity index (χ0) is 63.4. The zero-order valence-electron chi connectivity index (χ0n) is 57.5. The number of carbonyl (C=O) groups excluding carboxylic acids is 1. The second-order valence-electron chi connectivity index (χ2n) is 25.6. The van der Waals surface area contributed by atoms with E-state index in [1.165, 1.54) is 173 Å². The fourth-order valence-electron chi connectivity index (χ4n) is 10.4. The van der Waals surface area contributed by atoms with Crippen molar-refractivity contribution in [1.29, 1.82) is 0 Å². The Morgan fingerprint density at radius 1 is 0.402 bits per heavy atom. The summed E-state index contributed by atoms with van der Waals surface area (Å²) in [6.07, 6.45) is 100. The largest absolute Gasteiger partial charge is 0.472 e. The molecule has 0 aromatic heterocycles. The van der Waals surface area contributed by atoms with Crippen LogP contribution in [0.3, 0.4) is 0 Å². The normalized spacial score (nSPS) is 14.3. The first-order chi connectivity index (χ1) is 42.5. The average Bonchev–Trinajstić information content (AvgIpc) is 3.70. The highest BCUT2D eigenvalue weighted by molar-refractivity contribution is 7.47. The molecule has 8 nitrogen and oxygen atoms in total. The highest BCUT2D eigenvalue weighted by Crippen LogP contribution is 2.43. The van der Waals surface area contributed by atoms with E-state index in [2.05, 4.69) is 141 Å². The van der Waals surface area contributed by atoms with E-state index < -0.39 is 20.0 Å². The molecule has 0 radical (unpaired) electrons. The van der Waals surface area contributed by atoms with Gasteiger partial charge < -0.3 is 19.8 Å². The molecule has 3 atom stereocenters. The van der Waals surface area contributed by atoms with Gasteiger partial charge in [-0.15, -0.1) is 0 Å². The van der Waals surface area contributed by atoms with Crippen molar-refractivity contribution in [3.63, 3.8) is 0 Å². The number of aliphatic hydroxyl groups is 1. The molecule has 0 saturated heterocycles. The van der Waals surface area contributed by atoms with Crippen molar-refractivity contribution in [3.8, 4) is 0 Å². The van der Waals surface area contributed by atoms with Gasteiger partial charge in [-0.3, -0.25) is 13.8 Å². The molecule has 0 fully saturated rings. The first-order valence-electron chi connectivity index (χ1n) is 36.4. The third kappa shape index (κ3) is 70.2. The lowest BCUT2D eigenvalue weighted by atomic mass is 10.0. The van der Waals surface area contributed by atoms with Crippen molar-refractivity contribution in [2.45, 2.75) is 328 Å². The van der Waals surface area contributed by atoms with E-state index in [1.807, 2.05) is 21.1 Å². The Bertz CT molecular complexity index is 1840. The average molecular weight is 1230 g/mol. The van der Waals surface area contributed by atoms with Crippen molar-refractivity contribution < 1.29 is 32.9 Å². The van der Waals surface area contributed by atoms with Gasteiger partial charge in [-0.05, 0) is 89.9 Å². The maximum Gasteiger partial charge on any atom is 0.472 e. The summed E-state index contributed by atoms with van der Waals surface area (Å²) in [5.74, 6) is -0.169. The molecule has 1 amide bonds. The molecule has 502 valence electrons. The minimum Gasteiger partial charge on any atom is -0.391 e. The molecule has 0 spiro atoms. The minimum atomic E-state index is -4.35. The Morgan fingerprint density at radius 2 is 0.690 bits per heavy atom. The highest BCUT2D eigenvalue weighted by atomic mass is 31.2. The number of nitrogens with one attached hydrogen (secondary N) is 1. The van der Waals surface area contributed by atoms with Crippen molar-refractivity contribution in [2.75, 3.05) is 40.9 Å². The number of phosphoric acid groups is 1. The molecule has 0 aromatic rings. The number of carbonyl (C=O) groups is 1. The van der Waals surface area contributed by atoms with Crippen LogP contribution in [-0.4, -0.2) is 73.4 Å². The van der Waals surface area contributed by atoms with E-state index in [1.54, 1.807) is 0 Å². The molecule has 87 heavy (non-hydrogen) atoms. The molecule has 3 N–H and O–H groups in total. The lowest BCUT2D eigenvalue weighted by Crippen LogP contribution is -2.46. The molecule has 0 aliphatic carbocycles. The van der Waals surface area contributed by atoms with Gasteiger partial charge in [0.2, 0.25) is 5.91 Å². The van der Waals surface area contributed by atoms with Crippen LogP contribution in [0.15, 0.2) is 122 Å². The van der Waals surface area contributed by atoms with Crippen LogP contribution in [0.25, 0.3) is 0 Å². The standard InChI is InChI=1S/C78H139N2O6P/c1-6-8-10-12-14-16-18-20-22-24-26-28-30-32-34-36-38-39-40-41-42-44-46-48-50-52-54-56-58-60-62-64-66-68-70-72-78(82)79-76(75-86-87(83,84)85-74-73-80(3,4)5)77(81)71-69-67-65-63-61-59-57-55-53-51-49-47-45-43-37-35-33-31-29-27-25-23-21-19-17-15-13-11-9-7-2/h8,10,14,16,20,22,26,28,32,34,38-39,41-42,46,48,52,54,58,60,76-77,81H,6-7,9,11-13,15,17-19,21,23-25,27,29-31,33,35-37,40,43-45,47,49-51,53,55-57,59,61-75H2,1-5H3,(H-,79,82,83,84)/p+1/b10-8-,16-14-,22-20-,28-26-,34-32-,39-38-,42-41-,48-46-,54-52-,60-58-. The number of phosphoric ester groups is 1. The number of nitrogens with zero attached hydrogens (tertiary/aromatic N) is 1. The van der Waals surface area contributed by atoms with Gasteiger partial charge in [-0.25, -0.2) is 4.57 Å². The van der Waals surface area contributed by atoms with E-state index in [4.69, 9.17) is 9.05 Å². The second-order valence-corrected chi connectivity index (χ2v) is 27.0. The Labute approximate surface area is 539 Å². The maximum atomic E-state index is 13.1. The van der Waals surface area contributed by atoms with Gasteiger partial charge >= 0.3 is 7.82 Å². The highest BCUT2D eigenvalue weighted by Gasteiger charge is 2.28.